The van der Waals surface area contributed by atoms with Gasteiger partial charge in [0.1, 0.15) is 0 Å². The molecule has 1 amide bonds. The van der Waals surface area contributed by atoms with Crippen LogP contribution in [0.25, 0.3) is 0 Å². The van der Waals surface area contributed by atoms with Crippen LogP contribution < -0.4 is 5.32 Å². The van der Waals surface area contributed by atoms with Crippen LogP contribution in [-0.2, 0) is 5.75 Å². The molecular formula is C22H17ClN2OS. The molecule has 0 aromatic heterocycles. The number of amides is 1. The van der Waals surface area contributed by atoms with Crippen LogP contribution in [0.2, 0.25) is 5.02 Å². The van der Waals surface area contributed by atoms with E-state index in [0.29, 0.717) is 27.6 Å². The normalized spacial score (nSPS) is 10.3. The number of nitrogens with zero attached hydrogens (tertiary/aromatic N) is 1. The van der Waals surface area contributed by atoms with Gasteiger partial charge in [-0.1, -0.05) is 41.9 Å². The van der Waals surface area contributed by atoms with Gasteiger partial charge in [-0.2, -0.15) is 5.26 Å². The molecule has 134 valence electrons. The molecule has 27 heavy (non-hydrogen) atoms. The fourth-order valence-corrected chi connectivity index (χ4v) is 3.71. The highest BCUT2D eigenvalue weighted by Gasteiger charge is 2.13. The Morgan fingerprint density at radius 1 is 1.11 bits per heavy atom. The quantitative estimate of drug-likeness (QED) is 0.536. The van der Waals surface area contributed by atoms with Gasteiger partial charge in [0.2, 0.25) is 0 Å². The van der Waals surface area contributed by atoms with Gasteiger partial charge in [0.25, 0.3) is 5.91 Å². The molecule has 0 aliphatic carbocycles. The van der Waals surface area contributed by atoms with E-state index in [2.05, 4.69) is 11.4 Å². The van der Waals surface area contributed by atoms with Gasteiger partial charge in [-0.15, -0.1) is 11.8 Å². The van der Waals surface area contributed by atoms with Gasteiger partial charge in [0.05, 0.1) is 17.2 Å². The fraction of sp³-hybridized carbons (Fsp3) is 0.0909. The number of rotatable bonds is 5. The predicted octanol–water partition coefficient (Wildman–Crippen LogP) is 6.06. The molecule has 0 spiro atoms. The van der Waals surface area contributed by atoms with Crippen molar-refractivity contribution in [2.24, 2.45) is 0 Å². The smallest absolute Gasteiger partial charge is 0.256 e. The molecular weight excluding hydrogens is 376 g/mol. The van der Waals surface area contributed by atoms with E-state index in [9.17, 15) is 4.79 Å². The summed E-state index contributed by atoms with van der Waals surface area (Å²) < 4.78 is 0. The van der Waals surface area contributed by atoms with Crippen molar-refractivity contribution >= 4 is 35.0 Å². The number of halogens is 1. The molecule has 0 aliphatic heterocycles. The van der Waals surface area contributed by atoms with Crippen LogP contribution >= 0.6 is 23.4 Å². The van der Waals surface area contributed by atoms with Crippen LogP contribution in [0, 0.1) is 18.3 Å². The summed E-state index contributed by atoms with van der Waals surface area (Å²) in [6.07, 6.45) is 0. The van der Waals surface area contributed by atoms with Crippen molar-refractivity contribution in [1.29, 1.82) is 5.26 Å². The van der Waals surface area contributed by atoms with Crippen molar-refractivity contribution in [2.45, 2.75) is 17.6 Å². The number of anilines is 1. The van der Waals surface area contributed by atoms with Gasteiger partial charge >= 0.3 is 0 Å². The number of hydrogen-bond acceptors (Lipinski definition) is 3. The molecule has 1 N–H and O–H groups in total. The molecule has 3 nitrogen and oxygen atoms in total. The largest absolute Gasteiger partial charge is 0.322 e. The van der Waals surface area contributed by atoms with Gasteiger partial charge < -0.3 is 5.32 Å². The molecule has 0 heterocycles. The first-order chi connectivity index (χ1) is 13.1. The minimum atomic E-state index is -0.164. The first kappa shape index (κ1) is 19.0. The Bertz CT molecular complexity index is 1010. The van der Waals surface area contributed by atoms with E-state index in [1.165, 1.54) is 0 Å². The molecule has 0 saturated heterocycles. The van der Waals surface area contributed by atoms with Crippen LogP contribution in [0.5, 0.6) is 0 Å². The number of nitriles is 1. The van der Waals surface area contributed by atoms with Gasteiger partial charge in [0.15, 0.2) is 0 Å². The topological polar surface area (TPSA) is 52.9 Å². The summed E-state index contributed by atoms with van der Waals surface area (Å²) in [4.78, 5) is 13.7. The zero-order valence-corrected chi connectivity index (χ0v) is 16.3. The van der Waals surface area contributed by atoms with Gasteiger partial charge in [0, 0.05) is 21.4 Å². The summed E-state index contributed by atoms with van der Waals surface area (Å²) in [6, 6.07) is 22.5. The molecule has 0 unspecified atom stereocenters. The SMILES string of the molecule is Cc1ccc(Cl)cc1NC(=O)c1ccccc1SCc1ccc(C#N)cc1. The Labute approximate surface area is 168 Å². The second-order valence-corrected chi connectivity index (χ2v) is 7.46. The van der Waals surface area contributed by atoms with Crippen molar-refractivity contribution in [3.63, 3.8) is 0 Å². The monoisotopic (exact) mass is 392 g/mol. The summed E-state index contributed by atoms with van der Waals surface area (Å²) in [5.41, 5.74) is 4.02. The average Bonchev–Trinajstić information content (AvgIpc) is 2.69. The third-order valence-electron chi connectivity index (χ3n) is 4.06. The summed E-state index contributed by atoms with van der Waals surface area (Å²) >= 11 is 7.63. The summed E-state index contributed by atoms with van der Waals surface area (Å²) in [6.45, 7) is 1.93. The molecule has 0 atom stereocenters. The summed E-state index contributed by atoms with van der Waals surface area (Å²) in [7, 11) is 0. The number of nitrogens with one attached hydrogen (secondary N) is 1. The first-order valence-electron chi connectivity index (χ1n) is 8.35. The molecule has 0 radical (unpaired) electrons. The van der Waals surface area contributed by atoms with Crippen molar-refractivity contribution in [1.82, 2.24) is 0 Å². The Kier molecular flexibility index (Phi) is 6.18. The highest BCUT2D eigenvalue weighted by atomic mass is 35.5. The molecule has 0 bridgehead atoms. The maximum Gasteiger partial charge on any atom is 0.256 e. The highest BCUT2D eigenvalue weighted by Crippen LogP contribution is 2.28. The molecule has 0 aliphatic rings. The van der Waals surface area contributed by atoms with E-state index in [-0.39, 0.29) is 5.91 Å². The standard InChI is InChI=1S/C22H17ClN2OS/c1-15-6-11-18(23)12-20(15)25-22(26)19-4-2-3-5-21(19)27-14-17-9-7-16(13-24)8-10-17/h2-12H,14H2,1H3,(H,25,26). The number of hydrogen-bond donors (Lipinski definition) is 1. The number of thioether (sulfide) groups is 1. The first-order valence-corrected chi connectivity index (χ1v) is 9.71. The lowest BCUT2D eigenvalue weighted by Gasteiger charge is -2.12. The highest BCUT2D eigenvalue weighted by molar-refractivity contribution is 7.98. The molecule has 0 fully saturated rings. The lowest BCUT2D eigenvalue weighted by molar-refractivity contribution is 0.102. The Balaban J connectivity index is 1.75. The number of carbonyl (C=O) groups excluding carboxylic acids is 1. The van der Waals surface area contributed by atoms with E-state index in [0.717, 1.165) is 16.0 Å². The zero-order valence-electron chi connectivity index (χ0n) is 14.7. The molecule has 3 aromatic carbocycles. The molecule has 3 aromatic rings. The average molecular weight is 393 g/mol. The molecule has 5 heteroatoms. The number of aryl methyl sites for hydroxylation is 1. The third-order valence-corrected chi connectivity index (χ3v) is 5.44. The lowest BCUT2D eigenvalue weighted by Crippen LogP contribution is -2.13. The minimum absolute atomic E-state index is 0.164. The van der Waals surface area contributed by atoms with Gasteiger partial charge in [-0.25, -0.2) is 0 Å². The lowest BCUT2D eigenvalue weighted by atomic mass is 10.1. The van der Waals surface area contributed by atoms with E-state index in [4.69, 9.17) is 16.9 Å². The van der Waals surface area contributed by atoms with Crippen molar-refractivity contribution in [2.75, 3.05) is 5.32 Å². The molecule has 0 saturated carbocycles. The Hall–Kier alpha value is -2.74. The maximum absolute atomic E-state index is 12.8. The summed E-state index contributed by atoms with van der Waals surface area (Å²) in [5, 5.41) is 12.4. The van der Waals surface area contributed by atoms with Crippen molar-refractivity contribution in [3.05, 3.63) is 94.0 Å². The van der Waals surface area contributed by atoms with Crippen LogP contribution in [0.1, 0.15) is 27.0 Å². The van der Waals surface area contributed by atoms with Crippen molar-refractivity contribution < 1.29 is 4.79 Å². The Morgan fingerprint density at radius 3 is 2.59 bits per heavy atom. The minimum Gasteiger partial charge on any atom is -0.322 e. The van der Waals surface area contributed by atoms with E-state index < -0.39 is 0 Å². The van der Waals surface area contributed by atoms with E-state index in [1.807, 2.05) is 49.4 Å². The fourth-order valence-electron chi connectivity index (χ4n) is 2.54. The summed E-state index contributed by atoms with van der Waals surface area (Å²) in [5.74, 6) is 0.551. The van der Waals surface area contributed by atoms with Gasteiger partial charge in [-0.05, 0) is 54.4 Å². The van der Waals surface area contributed by atoms with Gasteiger partial charge in [-0.3, -0.25) is 4.79 Å². The van der Waals surface area contributed by atoms with E-state index >= 15 is 0 Å². The van der Waals surface area contributed by atoms with Crippen molar-refractivity contribution in [3.8, 4) is 6.07 Å². The second kappa shape index (κ2) is 8.77. The third kappa shape index (κ3) is 4.91. The van der Waals surface area contributed by atoms with Crippen LogP contribution in [0.15, 0.2) is 71.6 Å². The van der Waals surface area contributed by atoms with Crippen LogP contribution in [0.4, 0.5) is 5.69 Å². The maximum atomic E-state index is 12.8. The Morgan fingerprint density at radius 2 is 1.85 bits per heavy atom. The predicted molar refractivity (Wildman–Crippen MR) is 111 cm³/mol. The van der Waals surface area contributed by atoms with Crippen LogP contribution in [-0.4, -0.2) is 5.91 Å². The van der Waals surface area contributed by atoms with E-state index in [1.54, 1.807) is 36.0 Å². The second-order valence-electron chi connectivity index (χ2n) is 6.01. The zero-order chi connectivity index (χ0) is 19.2. The number of benzene rings is 3. The number of carbonyl (C=O) groups is 1. The van der Waals surface area contributed by atoms with Crippen LogP contribution in [0.3, 0.4) is 0 Å². The molecule has 3 rings (SSSR count).